The summed E-state index contributed by atoms with van der Waals surface area (Å²) in [6.07, 6.45) is 0. The molecule has 0 saturated heterocycles. The molecule has 7 heteroatoms. The van der Waals surface area contributed by atoms with Gasteiger partial charge in [0.15, 0.2) is 5.69 Å². The Bertz CT molecular complexity index is 341. The third kappa shape index (κ3) is 1.05. The van der Waals surface area contributed by atoms with Gasteiger partial charge < -0.3 is 10.3 Å². The van der Waals surface area contributed by atoms with Gasteiger partial charge in [-0.05, 0) is 16.7 Å². The van der Waals surface area contributed by atoms with Crippen LogP contribution < -0.4 is 5.73 Å². The summed E-state index contributed by atoms with van der Waals surface area (Å²) in [6, 6.07) is 0. The minimum atomic E-state index is 0.105. The molecule has 0 amide bonds. The summed E-state index contributed by atoms with van der Waals surface area (Å²) in [5.41, 5.74) is 5.78. The van der Waals surface area contributed by atoms with Crippen molar-refractivity contribution in [2.24, 2.45) is 0 Å². The Morgan fingerprint density at radius 1 is 1.55 bits per heavy atom. The highest BCUT2D eigenvalue weighted by atomic mass is 32.1. The molecule has 0 aliphatic heterocycles. The molecule has 0 atom stereocenters. The second-order valence-electron chi connectivity index (χ2n) is 1.75. The van der Waals surface area contributed by atoms with Crippen molar-refractivity contribution < 1.29 is 4.52 Å². The second-order valence-corrected chi connectivity index (χ2v) is 2.36. The summed E-state index contributed by atoms with van der Waals surface area (Å²) < 4.78 is 8.36. The van der Waals surface area contributed by atoms with Gasteiger partial charge in [-0.2, -0.15) is 4.98 Å². The zero-order valence-corrected chi connectivity index (χ0v) is 6.08. The van der Waals surface area contributed by atoms with Gasteiger partial charge in [-0.15, -0.1) is 5.10 Å². The van der Waals surface area contributed by atoms with Crippen molar-refractivity contribution in [3.05, 3.63) is 5.38 Å². The molecule has 6 nitrogen and oxygen atoms in total. The first-order chi connectivity index (χ1) is 5.36. The first-order valence-electron chi connectivity index (χ1n) is 2.73. The summed E-state index contributed by atoms with van der Waals surface area (Å²) in [6.45, 7) is 0. The van der Waals surface area contributed by atoms with E-state index >= 15 is 0 Å². The molecule has 0 saturated carbocycles. The largest absolute Gasteiger partial charge is 0.365 e. The highest BCUT2D eigenvalue weighted by molar-refractivity contribution is 7.03. The number of rotatable bonds is 1. The predicted molar refractivity (Wildman–Crippen MR) is 37.6 cm³/mol. The molecule has 2 heterocycles. The lowest BCUT2D eigenvalue weighted by Crippen LogP contribution is -1.85. The van der Waals surface area contributed by atoms with Crippen LogP contribution in [0, 0.1) is 0 Å². The molecule has 0 unspecified atom stereocenters. The average Bonchev–Trinajstić information content (AvgIpc) is 2.55. The van der Waals surface area contributed by atoms with Crippen molar-refractivity contribution in [2.45, 2.75) is 0 Å². The monoisotopic (exact) mass is 169 g/mol. The first kappa shape index (κ1) is 6.23. The quantitative estimate of drug-likeness (QED) is 0.654. The van der Waals surface area contributed by atoms with E-state index < -0.39 is 0 Å². The number of aromatic nitrogens is 4. The molecule has 2 aromatic rings. The van der Waals surface area contributed by atoms with Crippen LogP contribution in [0.15, 0.2) is 9.90 Å². The van der Waals surface area contributed by atoms with Gasteiger partial charge in [0.1, 0.15) is 0 Å². The lowest BCUT2D eigenvalue weighted by Gasteiger charge is -1.77. The standard InChI is InChI=1S/C4H3N5OS/c5-4-6-3(10-8-4)2-1-11-9-7-2/h1H,(H2,5,8). The first-order valence-corrected chi connectivity index (χ1v) is 3.56. The number of hydrogen-bond donors (Lipinski definition) is 1. The summed E-state index contributed by atoms with van der Waals surface area (Å²) in [4.78, 5) is 3.76. The predicted octanol–water partition coefficient (Wildman–Crippen LogP) is 0.170. The van der Waals surface area contributed by atoms with E-state index in [2.05, 4.69) is 19.7 Å². The lowest BCUT2D eigenvalue weighted by atomic mass is 10.5. The van der Waals surface area contributed by atoms with E-state index in [0.29, 0.717) is 11.6 Å². The van der Waals surface area contributed by atoms with Crippen LogP contribution in [-0.2, 0) is 0 Å². The van der Waals surface area contributed by atoms with Gasteiger partial charge >= 0.3 is 0 Å². The van der Waals surface area contributed by atoms with Crippen LogP contribution in [0.1, 0.15) is 0 Å². The van der Waals surface area contributed by atoms with Gasteiger partial charge in [-0.3, -0.25) is 0 Å². The highest BCUT2D eigenvalue weighted by Gasteiger charge is 2.08. The van der Waals surface area contributed by atoms with E-state index in [1.54, 1.807) is 5.38 Å². The molecule has 0 fully saturated rings. The van der Waals surface area contributed by atoms with Gasteiger partial charge in [-0.25, -0.2) is 0 Å². The lowest BCUT2D eigenvalue weighted by molar-refractivity contribution is 0.431. The molecule has 0 aliphatic rings. The number of nitrogens with two attached hydrogens (primary N) is 1. The normalized spacial score (nSPS) is 10.2. The van der Waals surface area contributed by atoms with Crippen LogP contribution in [0.3, 0.4) is 0 Å². The van der Waals surface area contributed by atoms with Crippen LogP contribution in [0.5, 0.6) is 0 Å². The minimum absolute atomic E-state index is 0.105. The Hall–Kier alpha value is -1.50. The third-order valence-corrected chi connectivity index (χ3v) is 1.53. The molecule has 0 bridgehead atoms. The minimum Gasteiger partial charge on any atom is -0.365 e. The molecule has 2 rings (SSSR count). The summed E-state index contributed by atoms with van der Waals surface area (Å²) in [7, 11) is 0. The molecule has 2 aromatic heterocycles. The summed E-state index contributed by atoms with van der Waals surface area (Å²) in [5, 5.41) is 8.82. The fraction of sp³-hybridized carbons (Fsp3) is 0. The Morgan fingerprint density at radius 2 is 2.45 bits per heavy atom. The average molecular weight is 169 g/mol. The van der Waals surface area contributed by atoms with E-state index in [-0.39, 0.29) is 5.95 Å². The van der Waals surface area contributed by atoms with Crippen LogP contribution in [-0.4, -0.2) is 19.7 Å². The molecule has 0 aliphatic carbocycles. The van der Waals surface area contributed by atoms with Gasteiger partial charge in [0.05, 0.1) is 0 Å². The molecule has 0 spiro atoms. The van der Waals surface area contributed by atoms with E-state index in [1.165, 1.54) is 11.5 Å². The van der Waals surface area contributed by atoms with Crippen molar-refractivity contribution in [1.82, 2.24) is 19.7 Å². The maximum absolute atomic E-state index is 5.22. The number of hydrogen-bond acceptors (Lipinski definition) is 7. The van der Waals surface area contributed by atoms with Crippen LogP contribution in [0.4, 0.5) is 5.95 Å². The molecule has 11 heavy (non-hydrogen) atoms. The number of anilines is 1. The zero-order valence-electron chi connectivity index (χ0n) is 5.26. The molecular formula is C4H3N5OS. The highest BCUT2D eigenvalue weighted by Crippen LogP contribution is 2.14. The Balaban J connectivity index is 2.45. The SMILES string of the molecule is Nc1noc(-c2csnn2)n1. The van der Waals surface area contributed by atoms with E-state index in [0.717, 1.165) is 0 Å². The number of nitrogens with zero attached hydrogens (tertiary/aromatic N) is 4. The fourth-order valence-electron chi connectivity index (χ4n) is 0.597. The van der Waals surface area contributed by atoms with Crippen molar-refractivity contribution in [3.63, 3.8) is 0 Å². The van der Waals surface area contributed by atoms with E-state index in [9.17, 15) is 0 Å². The third-order valence-electron chi connectivity index (χ3n) is 1.02. The molecule has 2 N–H and O–H groups in total. The van der Waals surface area contributed by atoms with E-state index in [4.69, 9.17) is 10.3 Å². The van der Waals surface area contributed by atoms with E-state index in [1.807, 2.05) is 0 Å². The van der Waals surface area contributed by atoms with Crippen molar-refractivity contribution >= 4 is 17.5 Å². The summed E-state index contributed by atoms with van der Waals surface area (Å²) in [5.74, 6) is 0.407. The Morgan fingerprint density at radius 3 is 3.00 bits per heavy atom. The second kappa shape index (κ2) is 2.27. The van der Waals surface area contributed by atoms with Gasteiger partial charge in [0, 0.05) is 5.38 Å². The fourth-order valence-corrected chi connectivity index (χ4v) is 1.03. The van der Waals surface area contributed by atoms with Gasteiger partial charge in [-0.1, -0.05) is 4.49 Å². The van der Waals surface area contributed by atoms with Crippen LogP contribution >= 0.6 is 11.5 Å². The maximum Gasteiger partial charge on any atom is 0.280 e. The Kier molecular flexibility index (Phi) is 1.29. The van der Waals surface area contributed by atoms with Crippen molar-refractivity contribution in [3.8, 4) is 11.6 Å². The maximum atomic E-state index is 5.22. The molecule has 0 aromatic carbocycles. The molecule has 56 valence electrons. The van der Waals surface area contributed by atoms with Crippen LogP contribution in [0.25, 0.3) is 11.6 Å². The molecule has 0 radical (unpaired) electrons. The van der Waals surface area contributed by atoms with Gasteiger partial charge in [0.25, 0.3) is 11.8 Å². The topological polar surface area (TPSA) is 90.7 Å². The van der Waals surface area contributed by atoms with Crippen molar-refractivity contribution in [2.75, 3.05) is 5.73 Å². The van der Waals surface area contributed by atoms with Gasteiger partial charge in [0.2, 0.25) is 0 Å². The zero-order chi connectivity index (χ0) is 7.68. The Labute approximate surface area is 65.2 Å². The number of nitrogen functional groups attached to an aromatic ring is 1. The molecular weight excluding hydrogens is 166 g/mol. The van der Waals surface area contributed by atoms with Crippen LogP contribution in [0.2, 0.25) is 0 Å². The smallest absolute Gasteiger partial charge is 0.280 e. The summed E-state index contributed by atoms with van der Waals surface area (Å²) >= 11 is 1.21. The van der Waals surface area contributed by atoms with Crippen molar-refractivity contribution in [1.29, 1.82) is 0 Å².